The highest BCUT2D eigenvalue weighted by atomic mass is 16.5. The third-order valence-corrected chi connectivity index (χ3v) is 6.84. The number of nitrogens with one attached hydrogen (secondary N) is 3. The molecule has 0 bridgehead atoms. The normalized spacial score (nSPS) is 13.4. The molecule has 1 aliphatic rings. The fourth-order valence-corrected chi connectivity index (χ4v) is 4.84. The van der Waals surface area contributed by atoms with Gasteiger partial charge in [-0.2, -0.15) is 5.10 Å². The van der Waals surface area contributed by atoms with Gasteiger partial charge in [-0.1, -0.05) is 5.16 Å². The Labute approximate surface area is 212 Å². The summed E-state index contributed by atoms with van der Waals surface area (Å²) in [6.07, 6.45) is 2.32. The Balaban J connectivity index is 1.58. The highest BCUT2D eigenvalue weighted by Gasteiger charge is 2.28. The average molecular weight is 501 g/mol. The van der Waals surface area contributed by atoms with Crippen LogP contribution in [0.2, 0.25) is 0 Å². The van der Waals surface area contributed by atoms with E-state index in [1.165, 1.54) is 0 Å². The molecule has 0 aliphatic heterocycles. The van der Waals surface area contributed by atoms with Crippen molar-refractivity contribution < 1.29 is 14.1 Å². The first-order valence-corrected chi connectivity index (χ1v) is 12.3. The second-order valence-corrected chi connectivity index (χ2v) is 9.29. The number of aryl methyl sites for hydroxylation is 3. The van der Waals surface area contributed by atoms with E-state index in [-0.39, 0.29) is 11.7 Å². The van der Waals surface area contributed by atoms with Crippen LogP contribution in [0.5, 0.6) is 5.75 Å². The van der Waals surface area contributed by atoms with Gasteiger partial charge in [0.15, 0.2) is 0 Å². The zero-order valence-corrected chi connectivity index (χ0v) is 21.4. The number of ether oxygens (including phenoxy) is 1. The van der Waals surface area contributed by atoms with Gasteiger partial charge in [-0.05, 0) is 45.7 Å². The van der Waals surface area contributed by atoms with Crippen molar-refractivity contribution in [1.82, 2.24) is 35.2 Å². The Bertz CT molecular complexity index is 1660. The number of aromatic amines is 1. The summed E-state index contributed by atoms with van der Waals surface area (Å²) in [6.45, 7) is 6.53. The number of rotatable bonds is 7. The minimum Gasteiger partial charge on any atom is -0.496 e. The predicted molar refractivity (Wildman–Crippen MR) is 139 cm³/mol. The van der Waals surface area contributed by atoms with Crippen molar-refractivity contribution in [3.05, 3.63) is 41.2 Å². The SMILES string of the molecule is CCn1nc(C2CC2)cc1Nc1nc(C(=O)NC)nc2[nH]c3cc(-c4c(C)noc4C)c(OC)cc3c12. The van der Waals surface area contributed by atoms with Crippen LogP contribution in [0.4, 0.5) is 11.6 Å². The number of anilines is 2. The Kier molecular flexibility index (Phi) is 5.36. The smallest absolute Gasteiger partial charge is 0.288 e. The van der Waals surface area contributed by atoms with E-state index in [1.54, 1.807) is 14.2 Å². The minimum atomic E-state index is -0.375. The molecule has 0 spiro atoms. The molecule has 0 atom stereocenters. The van der Waals surface area contributed by atoms with E-state index in [0.717, 1.165) is 57.5 Å². The van der Waals surface area contributed by atoms with Gasteiger partial charge in [0.25, 0.3) is 5.91 Å². The van der Waals surface area contributed by atoms with Crippen molar-refractivity contribution in [3.63, 3.8) is 0 Å². The third kappa shape index (κ3) is 3.78. The van der Waals surface area contributed by atoms with E-state index in [2.05, 4.69) is 36.8 Å². The fourth-order valence-electron chi connectivity index (χ4n) is 4.84. The van der Waals surface area contributed by atoms with Crippen LogP contribution in [-0.2, 0) is 6.54 Å². The molecule has 1 fully saturated rings. The van der Waals surface area contributed by atoms with Crippen LogP contribution in [0, 0.1) is 13.8 Å². The van der Waals surface area contributed by atoms with Gasteiger partial charge in [-0.15, -0.1) is 0 Å². The number of aromatic nitrogens is 6. The van der Waals surface area contributed by atoms with Crippen LogP contribution >= 0.6 is 0 Å². The quantitative estimate of drug-likeness (QED) is 0.295. The van der Waals surface area contributed by atoms with Gasteiger partial charge in [-0.3, -0.25) is 4.79 Å². The van der Waals surface area contributed by atoms with E-state index in [9.17, 15) is 4.79 Å². The van der Waals surface area contributed by atoms with Crippen LogP contribution in [0.3, 0.4) is 0 Å². The van der Waals surface area contributed by atoms with Crippen LogP contribution in [-0.4, -0.2) is 50.0 Å². The highest BCUT2D eigenvalue weighted by molar-refractivity contribution is 6.14. The van der Waals surface area contributed by atoms with Crippen molar-refractivity contribution in [3.8, 4) is 16.9 Å². The molecule has 11 heteroatoms. The van der Waals surface area contributed by atoms with Gasteiger partial charge in [0, 0.05) is 42.0 Å². The van der Waals surface area contributed by atoms with Crippen molar-refractivity contribution in [2.45, 2.75) is 46.1 Å². The molecule has 3 N–H and O–H groups in total. The summed E-state index contributed by atoms with van der Waals surface area (Å²) in [5.74, 6) is 2.90. The lowest BCUT2D eigenvalue weighted by molar-refractivity contribution is 0.0953. The maximum atomic E-state index is 12.6. The molecule has 190 valence electrons. The van der Waals surface area contributed by atoms with Gasteiger partial charge in [-0.25, -0.2) is 14.6 Å². The van der Waals surface area contributed by atoms with Crippen LogP contribution in [0.25, 0.3) is 33.1 Å². The van der Waals surface area contributed by atoms with Gasteiger partial charge in [0.05, 0.1) is 29.4 Å². The largest absolute Gasteiger partial charge is 0.496 e. The Hall–Kier alpha value is -4.41. The van der Waals surface area contributed by atoms with Gasteiger partial charge in [0.1, 0.15) is 28.8 Å². The van der Waals surface area contributed by atoms with E-state index in [4.69, 9.17) is 14.4 Å². The molecule has 5 aromatic rings. The second-order valence-electron chi connectivity index (χ2n) is 9.29. The third-order valence-electron chi connectivity index (χ3n) is 6.84. The van der Waals surface area contributed by atoms with Crippen molar-refractivity contribution in [1.29, 1.82) is 0 Å². The zero-order chi connectivity index (χ0) is 25.8. The van der Waals surface area contributed by atoms with E-state index in [1.807, 2.05) is 37.6 Å². The van der Waals surface area contributed by atoms with E-state index < -0.39 is 0 Å². The number of methoxy groups -OCH3 is 1. The number of hydrogen-bond acceptors (Lipinski definition) is 8. The summed E-state index contributed by atoms with van der Waals surface area (Å²) in [5.41, 5.74) is 4.94. The lowest BCUT2D eigenvalue weighted by Gasteiger charge is -2.11. The van der Waals surface area contributed by atoms with E-state index in [0.29, 0.717) is 35.4 Å². The Morgan fingerprint density at radius 3 is 2.70 bits per heavy atom. The summed E-state index contributed by atoms with van der Waals surface area (Å²) < 4.78 is 13.1. The number of benzene rings is 1. The maximum absolute atomic E-state index is 12.6. The summed E-state index contributed by atoms with van der Waals surface area (Å²) in [4.78, 5) is 25.1. The summed E-state index contributed by atoms with van der Waals surface area (Å²) >= 11 is 0. The van der Waals surface area contributed by atoms with Gasteiger partial charge in [0.2, 0.25) is 5.82 Å². The van der Waals surface area contributed by atoms with Crippen LogP contribution in [0.15, 0.2) is 22.7 Å². The zero-order valence-electron chi connectivity index (χ0n) is 21.4. The van der Waals surface area contributed by atoms with E-state index >= 15 is 0 Å². The van der Waals surface area contributed by atoms with Crippen LogP contribution < -0.4 is 15.4 Å². The molecule has 0 saturated heterocycles. The maximum Gasteiger partial charge on any atom is 0.288 e. The molecule has 37 heavy (non-hydrogen) atoms. The number of hydrogen-bond donors (Lipinski definition) is 3. The monoisotopic (exact) mass is 500 g/mol. The number of fused-ring (bicyclic) bond motifs is 3. The van der Waals surface area contributed by atoms with Crippen molar-refractivity contribution in [2.24, 2.45) is 0 Å². The number of H-pyrrole nitrogens is 1. The first kappa shape index (κ1) is 23.0. The summed E-state index contributed by atoms with van der Waals surface area (Å²) in [7, 11) is 3.19. The first-order chi connectivity index (χ1) is 17.9. The molecule has 1 aromatic carbocycles. The molecule has 1 aliphatic carbocycles. The average Bonchev–Trinajstić information content (AvgIpc) is 3.45. The fraction of sp³-hybridized carbons (Fsp3) is 0.346. The standard InChI is InChI=1S/C26H28N8O3/c1-6-34-20(11-17(32-34)14-7-8-14)29-24-22-15-10-19(36-5)16(21-12(2)33-37-13(21)3)9-18(15)28-23(22)30-25(31-24)26(35)27-4/h9-11,14H,6-8H2,1-5H3,(H,27,35)(H2,28,29,30,31). The molecule has 0 unspecified atom stereocenters. The Morgan fingerprint density at radius 1 is 1.24 bits per heavy atom. The molecule has 4 aromatic heterocycles. The van der Waals surface area contributed by atoms with Crippen molar-refractivity contribution >= 4 is 39.5 Å². The second kappa shape index (κ2) is 8.61. The number of amides is 1. The molecule has 6 rings (SSSR count). The first-order valence-electron chi connectivity index (χ1n) is 12.3. The molecule has 4 heterocycles. The minimum absolute atomic E-state index is 0.0620. The lowest BCUT2D eigenvalue weighted by Crippen LogP contribution is -2.21. The number of carbonyl (C=O) groups excluding carboxylic acids is 1. The molecular weight excluding hydrogens is 472 g/mol. The molecule has 1 saturated carbocycles. The number of nitrogens with zero attached hydrogens (tertiary/aromatic N) is 5. The molecular formula is C26H28N8O3. The topological polar surface area (TPSA) is 136 Å². The molecule has 1 amide bonds. The highest BCUT2D eigenvalue weighted by Crippen LogP contribution is 2.42. The van der Waals surface area contributed by atoms with Gasteiger partial charge >= 0.3 is 0 Å². The van der Waals surface area contributed by atoms with Crippen molar-refractivity contribution in [2.75, 3.05) is 19.5 Å². The number of carbonyl (C=O) groups is 1. The predicted octanol–water partition coefficient (Wildman–Crippen LogP) is 4.59. The van der Waals surface area contributed by atoms with Gasteiger partial charge < -0.3 is 24.9 Å². The molecule has 11 nitrogen and oxygen atoms in total. The summed E-state index contributed by atoms with van der Waals surface area (Å²) in [6, 6.07) is 6.02. The van der Waals surface area contributed by atoms with Crippen LogP contribution in [0.1, 0.15) is 53.5 Å². The summed E-state index contributed by atoms with van der Waals surface area (Å²) in [5, 5.41) is 16.5. The lowest BCUT2D eigenvalue weighted by atomic mass is 10.0. The molecule has 0 radical (unpaired) electrons. The Morgan fingerprint density at radius 2 is 2.05 bits per heavy atom.